The van der Waals surface area contributed by atoms with Gasteiger partial charge in [-0.3, -0.25) is 0 Å². The maximum atomic E-state index is 14.5. The average molecular weight is 380 g/mol. The Balaban J connectivity index is 2.19. The van der Waals surface area contributed by atoms with Crippen molar-refractivity contribution in [3.8, 4) is 17.2 Å². The SMILES string of the molecule is COc1ccc(CCC(F)(F)Cc2ccccc2C(=O)O)c(OC)c1OC. The molecule has 146 valence electrons. The van der Waals surface area contributed by atoms with Gasteiger partial charge in [0.15, 0.2) is 11.5 Å². The summed E-state index contributed by atoms with van der Waals surface area (Å²) in [6.45, 7) is 0. The largest absolute Gasteiger partial charge is 0.493 e. The number of carbonyl (C=O) groups is 1. The van der Waals surface area contributed by atoms with Crippen LogP contribution in [0.25, 0.3) is 0 Å². The Morgan fingerprint density at radius 2 is 1.63 bits per heavy atom. The average Bonchev–Trinajstić information content (AvgIpc) is 2.65. The van der Waals surface area contributed by atoms with Crippen LogP contribution in [0.2, 0.25) is 0 Å². The third-order valence-corrected chi connectivity index (χ3v) is 4.24. The van der Waals surface area contributed by atoms with Crippen molar-refractivity contribution in [3.63, 3.8) is 0 Å². The van der Waals surface area contributed by atoms with Crippen LogP contribution >= 0.6 is 0 Å². The molecule has 0 unspecified atom stereocenters. The van der Waals surface area contributed by atoms with E-state index < -0.39 is 24.7 Å². The van der Waals surface area contributed by atoms with E-state index in [1.54, 1.807) is 18.2 Å². The van der Waals surface area contributed by atoms with Crippen LogP contribution in [0.3, 0.4) is 0 Å². The number of aryl methyl sites for hydroxylation is 1. The second-order valence-corrected chi connectivity index (χ2v) is 5.99. The Morgan fingerprint density at radius 3 is 2.22 bits per heavy atom. The van der Waals surface area contributed by atoms with E-state index in [0.717, 1.165) is 0 Å². The number of halogens is 2. The van der Waals surface area contributed by atoms with Crippen LogP contribution in [0.4, 0.5) is 8.78 Å². The van der Waals surface area contributed by atoms with Crippen molar-refractivity contribution in [2.75, 3.05) is 21.3 Å². The predicted octanol–water partition coefficient (Wildman–Crippen LogP) is 4.22. The van der Waals surface area contributed by atoms with E-state index in [2.05, 4.69) is 0 Å². The summed E-state index contributed by atoms with van der Waals surface area (Å²) in [5.41, 5.74) is 0.552. The first kappa shape index (κ1) is 20.5. The van der Waals surface area contributed by atoms with Crippen molar-refractivity contribution in [1.82, 2.24) is 0 Å². The van der Waals surface area contributed by atoms with E-state index in [9.17, 15) is 13.6 Å². The van der Waals surface area contributed by atoms with E-state index >= 15 is 0 Å². The normalized spacial score (nSPS) is 11.1. The lowest BCUT2D eigenvalue weighted by Gasteiger charge is -2.20. The van der Waals surface area contributed by atoms with Gasteiger partial charge in [0, 0.05) is 12.8 Å². The van der Waals surface area contributed by atoms with Gasteiger partial charge in [-0.25, -0.2) is 13.6 Å². The first-order chi connectivity index (χ1) is 12.8. The molecule has 0 aliphatic heterocycles. The number of hydrogen-bond donors (Lipinski definition) is 1. The van der Waals surface area contributed by atoms with Crippen molar-refractivity contribution in [3.05, 3.63) is 53.1 Å². The van der Waals surface area contributed by atoms with Gasteiger partial charge >= 0.3 is 5.97 Å². The fourth-order valence-electron chi connectivity index (χ4n) is 2.93. The molecule has 0 saturated heterocycles. The zero-order chi connectivity index (χ0) is 20.0. The summed E-state index contributed by atoms with van der Waals surface area (Å²) in [4.78, 5) is 11.2. The molecule has 0 radical (unpaired) electrons. The van der Waals surface area contributed by atoms with Gasteiger partial charge in [0.05, 0.1) is 26.9 Å². The molecule has 0 fully saturated rings. The monoisotopic (exact) mass is 380 g/mol. The maximum absolute atomic E-state index is 14.5. The molecule has 0 aliphatic carbocycles. The number of hydrogen-bond acceptors (Lipinski definition) is 4. The molecule has 2 aromatic rings. The molecular weight excluding hydrogens is 358 g/mol. The lowest BCUT2D eigenvalue weighted by Crippen LogP contribution is -2.22. The van der Waals surface area contributed by atoms with Crippen molar-refractivity contribution >= 4 is 5.97 Å². The predicted molar refractivity (Wildman–Crippen MR) is 96.5 cm³/mol. The number of ether oxygens (including phenoxy) is 3. The zero-order valence-corrected chi connectivity index (χ0v) is 15.4. The smallest absolute Gasteiger partial charge is 0.335 e. The highest BCUT2D eigenvalue weighted by Gasteiger charge is 2.31. The molecule has 0 amide bonds. The van der Waals surface area contributed by atoms with E-state index in [-0.39, 0.29) is 17.5 Å². The van der Waals surface area contributed by atoms with E-state index in [4.69, 9.17) is 19.3 Å². The van der Waals surface area contributed by atoms with E-state index in [1.807, 2.05) is 0 Å². The van der Waals surface area contributed by atoms with E-state index in [1.165, 1.54) is 39.5 Å². The summed E-state index contributed by atoms with van der Waals surface area (Å²) in [6, 6.07) is 9.09. The van der Waals surface area contributed by atoms with Gasteiger partial charge in [0.2, 0.25) is 5.75 Å². The molecule has 0 spiro atoms. The second kappa shape index (κ2) is 8.70. The molecule has 0 aromatic heterocycles. The Bertz CT molecular complexity index is 805. The number of methoxy groups -OCH3 is 3. The molecule has 27 heavy (non-hydrogen) atoms. The molecule has 0 aliphatic rings. The number of aromatic carboxylic acids is 1. The quantitative estimate of drug-likeness (QED) is 0.706. The minimum atomic E-state index is -3.08. The van der Waals surface area contributed by atoms with Crippen LogP contribution in [0.1, 0.15) is 27.9 Å². The number of rotatable bonds is 9. The molecule has 2 aromatic carbocycles. The van der Waals surface area contributed by atoms with Crippen molar-refractivity contribution < 1.29 is 32.9 Å². The van der Waals surface area contributed by atoms with Gasteiger partial charge in [0.1, 0.15) is 0 Å². The topological polar surface area (TPSA) is 65.0 Å². The molecule has 0 saturated carbocycles. The first-order valence-electron chi connectivity index (χ1n) is 8.30. The molecule has 0 atom stereocenters. The number of benzene rings is 2. The molecular formula is C20H22F2O5. The minimum absolute atomic E-state index is 0.0335. The van der Waals surface area contributed by atoms with E-state index in [0.29, 0.717) is 22.8 Å². The van der Waals surface area contributed by atoms with Crippen LogP contribution in [0.5, 0.6) is 17.2 Å². The first-order valence-corrected chi connectivity index (χ1v) is 8.30. The molecule has 0 heterocycles. The molecule has 0 bridgehead atoms. The van der Waals surface area contributed by atoms with Crippen LogP contribution in [-0.4, -0.2) is 38.3 Å². The highest BCUT2D eigenvalue weighted by Crippen LogP contribution is 2.41. The molecule has 2 rings (SSSR count). The van der Waals surface area contributed by atoms with Crippen LogP contribution in [-0.2, 0) is 12.8 Å². The summed E-state index contributed by atoms with van der Waals surface area (Å²) in [7, 11) is 4.36. The van der Waals surface area contributed by atoms with Gasteiger partial charge in [-0.15, -0.1) is 0 Å². The van der Waals surface area contributed by atoms with Crippen molar-refractivity contribution in [1.29, 1.82) is 0 Å². The highest BCUT2D eigenvalue weighted by molar-refractivity contribution is 5.89. The van der Waals surface area contributed by atoms with Gasteiger partial charge in [-0.1, -0.05) is 24.3 Å². The maximum Gasteiger partial charge on any atom is 0.335 e. The fraction of sp³-hybridized carbons (Fsp3) is 0.350. The Hall–Kier alpha value is -2.83. The summed E-state index contributed by atoms with van der Waals surface area (Å²) >= 11 is 0. The standard InChI is InChI=1S/C20H22F2O5/c1-25-16-9-8-13(17(26-2)18(16)27-3)10-11-20(21,22)12-14-6-4-5-7-15(14)19(23)24/h4-9H,10-12H2,1-3H3,(H,23,24). The van der Waals surface area contributed by atoms with Gasteiger partial charge < -0.3 is 19.3 Å². The zero-order valence-electron chi connectivity index (χ0n) is 15.4. The Kier molecular flexibility index (Phi) is 6.60. The summed E-state index contributed by atoms with van der Waals surface area (Å²) in [5.74, 6) is -3.16. The van der Waals surface area contributed by atoms with Gasteiger partial charge in [0.25, 0.3) is 5.92 Å². The van der Waals surface area contributed by atoms with Gasteiger partial charge in [-0.2, -0.15) is 0 Å². The summed E-state index contributed by atoms with van der Waals surface area (Å²) in [6.07, 6.45) is -1.08. The Morgan fingerprint density at radius 1 is 0.963 bits per heavy atom. The van der Waals surface area contributed by atoms with Crippen LogP contribution < -0.4 is 14.2 Å². The Labute approximate surface area is 156 Å². The fourth-order valence-corrected chi connectivity index (χ4v) is 2.93. The second-order valence-electron chi connectivity index (χ2n) is 5.99. The van der Waals surface area contributed by atoms with Crippen molar-refractivity contribution in [2.45, 2.75) is 25.2 Å². The molecule has 1 N–H and O–H groups in total. The highest BCUT2D eigenvalue weighted by atomic mass is 19.3. The summed E-state index contributed by atoms with van der Waals surface area (Å²) in [5, 5.41) is 9.16. The summed E-state index contributed by atoms with van der Waals surface area (Å²) < 4.78 is 44.8. The lowest BCUT2D eigenvalue weighted by molar-refractivity contribution is -0.00705. The molecule has 5 nitrogen and oxygen atoms in total. The number of carboxylic acids is 1. The lowest BCUT2D eigenvalue weighted by atomic mass is 9.96. The number of alkyl halides is 2. The van der Waals surface area contributed by atoms with Crippen LogP contribution in [0, 0.1) is 0 Å². The molecule has 7 heteroatoms. The third kappa shape index (κ3) is 4.87. The number of carboxylic acid groups (broad SMARTS) is 1. The van der Waals surface area contributed by atoms with Crippen molar-refractivity contribution in [2.24, 2.45) is 0 Å². The van der Waals surface area contributed by atoms with Crippen LogP contribution in [0.15, 0.2) is 36.4 Å². The minimum Gasteiger partial charge on any atom is -0.493 e. The van der Waals surface area contributed by atoms with Gasteiger partial charge in [-0.05, 0) is 29.7 Å². The third-order valence-electron chi connectivity index (χ3n) is 4.24.